The molecule has 1 aliphatic heterocycles. The number of carbonyl (C=O) groups excluding carboxylic acids is 1. The molecule has 1 amide bonds. The molecule has 0 spiro atoms. The molecule has 2 heterocycles. The standard InChI is InChI=1S/C18H23NO3/c1-11-4-5-12(2)16-15(11)13(3)17(22-16)18(21)19-8-6-14(10-20)7-9-19/h4-5,14,20H,6-10H2,1-3H3. The molecular formula is C18H23NO3. The zero-order chi connectivity index (χ0) is 15.9. The molecule has 0 saturated carbocycles. The van der Waals surface area contributed by atoms with Crippen LogP contribution in [0.25, 0.3) is 11.0 Å². The monoisotopic (exact) mass is 301 g/mol. The van der Waals surface area contributed by atoms with Gasteiger partial charge in [-0.05, 0) is 50.7 Å². The highest BCUT2D eigenvalue weighted by Gasteiger charge is 2.27. The molecule has 0 unspecified atom stereocenters. The first-order valence-electron chi connectivity index (χ1n) is 7.92. The van der Waals surface area contributed by atoms with Crippen molar-refractivity contribution in [1.29, 1.82) is 0 Å². The van der Waals surface area contributed by atoms with Crippen molar-refractivity contribution in [2.24, 2.45) is 5.92 Å². The molecule has 1 aliphatic rings. The molecular weight excluding hydrogens is 278 g/mol. The van der Waals surface area contributed by atoms with Crippen molar-refractivity contribution in [2.45, 2.75) is 33.6 Å². The average molecular weight is 301 g/mol. The van der Waals surface area contributed by atoms with Gasteiger partial charge in [-0.15, -0.1) is 0 Å². The van der Waals surface area contributed by atoms with Crippen molar-refractivity contribution in [3.05, 3.63) is 34.6 Å². The van der Waals surface area contributed by atoms with Gasteiger partial charge in [0.05, 0.1) is 0 Å². The number of benzene rings is 1. The van der Waals surface area contributed by atoms with Crippen LogP contribution in [0.2, 0.25) is 0 Å². The van der Waals surface area contributed by atoms with Crippen LogP contribution >= 0.6 is 0 Å². The molecule has 1 aromatic carbocycles. The zero-order valence-corrected chi connectivity index (χ0v) is 13.5. The van der Waals surface area contributed by atoms with Crippen LogP contribution in [0.5, 0.6) is 0 Å². The van der Waals surface area contributed by atoms with Crippen molar-refractivity contribution in [2.75, 3.05) is 19.7 Å². The number of rotatable bonds is 2. The summed E-state index contributed by atoms with van der Waals surface area (Å²) in [6.07, 6.45) is 1.72. The number of piperidine rings is 1. The Morgan fingerprint density at radius 3 is 2.45 bits per heavy atom. The van der Waals surface area contributed by atoms with E-state index in [0.717, 1.165) is 40.5 Å². The molecule has 0 radical (unpaired) electrons. The van der Waals surface area contributed by atoms with E-state index in [0.29, 0.717) is 24.8 Å². The van der Waals surface area contributed by atoms with Crippen molar-refractivity contribution < 1.29 is 14.3 Å². The van der Waals surface area contributed by atoms with E-state index in [4.69, 9.17) is 4.42 Å². The lowest BCUT2D eigenvalue weighted by atomic mass is 9.97. The molecule has 2 aromatic rings. The molecule has 0 atom stereocenters. The maximum Gasteiger partial charge on any atom is 0.289 e. The Morgan fingerprint density at radius 2 is 1.86 bits per heavy atom. The summed E-state index contributed by atoms with van der Waals surface area (Å²) in [6, 6.07) is 4.10. The minimum atomic E-state index is -0.0242. The molecule has 0 aliphatic carbocycles. The molecule has 4 nitrogen and oxygen atoms in total. The molecule has 3 rings (SSSR count). The zero-order valence-electron chi connectivity index (χ0n) is 13.5. The van der Waals surface area contributed by atoms with Gasteiger partial charge in [0.15, 0.2) is 5.76 Å². The Morgan fingerprint density at radius 1 is 1.23 bits per heavy atom. The minimum absolute atomic E-state index is 0.0242. The molecule has 118 valence electrons. The summed E-state index contributed by atoms with van der Waals surface area (Å²) >= 11 is 0. The molecule has 1 saturated heterocycles. The predicted octanol–water partition coefficient (Wildman–Crippen LogP) is 3.20. The fourth-order valence-corrected chi connectivity index (χ4v) is 3.34. The predicted molar refractivity (Wildman–Crippen MR) is 86.1 cm³/mol. The fourth-order valence-electron chi connectivity index (χ4n) is 3.34. The van der Waals surface area contributed by atoms with E-state index in [1.54, 1.807) is 0 Å². The summed E-state index contributed by atoms with van der Waals surface area (Å²) in [5, 5.41) is 10.3. The third kappa shape index (κ3) is 2.41. The topological polar surface area (TPSA) is 53.7 Å². The highest BCUT2D eigenvalue weighted by molar-refractivity contribution is 6.00. The normalized spacial score (nSPS) is 16.5. The number of furan rings is 1. The summed E-state index contributed by atoms with van der Waals surface area (Å²) in [4.78, 5) is 14.6. The number of aliphatic hydroxyl groups excluding tert-OH is 1. The van der Waals surface area contributed by atoms with E-state index in [1.165, 1.54) is 0 Å². The van der Waals surface area contributed by atoms with Crippen LogP contribution in [-0.4, -0.2) is 35.6 Å². The average Bonchev–Trinajstić information content (AvgIpc) is 2.89. The van der Waals surface area contributed by atoms with Gasteiger partial charge in [0.1, 0.15) is 5.58 Å². The van der Waals surface area contributed by atoms with Crippen LogP contribution < -0.4 is 0 Å². The van der Waals surface area contributed by atoms with Crippen LogP contribution in [0, 0.1) is 26.7 Å². The number of carbonyl (C=O) groups is 1. The van der Waals surface area contributed by atoms with Gasteiger partial charge in [-0.1, -0.05) is 12.1 Å². The molecule has 1 aromatic heterocycles. The van der Waals surface area contributed by atoms with E-state index in [-0.39, 0.29) is 12.5 Å². The van der Waals surface area contributed by atoms with Gasteiger partial charge in [-0.25, -0.2) is 0 Å². The molecule has 4 heteroatoms. The molecule has 0 bridgehead atoms. The van der Waals surface area contributed by atoms with Gasteiger partial charge in [0.2, 0.25) is 0 Å². The molecule has 1 N–H and O–H groups in total. The number of fused-ring (bicyclic) bond motifs is 1. The van der Waals surface area contributed by atoms with Gasteiger partial charge < -0.3 is 14.4 Å². The second kappa shape index (κ2) is 5.76. The van der Waals surface area contributed by atoms with Gasteiger partial charge in [-0.3, -0.25) is 4.79 Å². The van der Waals surface area contributed by atoms with E-state index in [1.807, 2.05) is 31.7 Å². The second-order valence-electron chi connectivity index (χ2n) is 6.38. The Balaban J connectivity index is 1.94. The molecule has 1 fully saturated rings. The Labute approximate surface area is 130 Å². The van der Waals surface area contributed by atoms with Gasteiger partial charge in [-0.2, -0.15) is 0 Å². The third-order valence-corrected chi connectivity index (χ3v) is 4.84. The third-order valence-electron chi connectivity index (χ3n) is 4.84. The first-order valence-corrected chi connectivity index (χ1v) is 7.92. The number of amides is 1. The largest absolute Gasteiger partial charge is 0.450 e. The first-order chi connectivity index (χ1) is 10.5. The molecule has 22 heavy (non-hydrogen) atoms. The van der Waals surface area contributed by atoms with E-state index in [9.17, 15) is 9.90 Å². The van der Waals surface area contributed by atoms with Crippen molar-refractivity contribution in [3.63, 3.8) is 0 Å². The lowest BCUT2D eigenvalue weighted by Gasteiger charge is -2.30. The highest BCUT2D eigenvalue weighted by atomic mass is 16.3. The Kier molecular flexibility index (Phi) is 3.96. The lowest BCUT2D eigenvalue weighted by Crippen LogP contribution is -2.39. The number of likely N-dealkylation sites (tertiary alicyclic amines) is 1. The highest BCUT2D eigenvalue weighted by Crippen LogP contribution is 2.32. The maximum absolute atomic E-state index is 12.8. The van der Waals surface area contributed by atoms with Crippen molar-refractivity contribution >= 4 is 16.9 Å². The van der Waals surface area contributed by atoms with E-state index < -0.39 is 0 Å². The SMILES string of the molecule is Cc1ccc(C)c2c(C)c(C(=O)N3CCC(CO)CC3)oc12. The number of aryl methyl sites for hydroxylation is 3. The lowest BCUT2D eigenvalue weighted by molar-refractivity contribution is 0.0621. The number of nitrogens with zero attached hydrogens (tertiary/aromatic N) is 1. The quantitative estimate of drug-likeness (QED) is 0.926. The van der Waals surface area contributed by atoms with Gasteiger partial charge >= 0.3 is 0 Å². The van der Waals surface area contributed by atoms with Crippen LogP contribution in [0.15, 0.2) is 16.5 Å². The number of hydrogen-bond donors (Lipinski definition) is 1. The summed E-state index contributed by atoms with van der Waals surface area (Å²) in [5.41, 5.74) is 3.96. The summed E-state index contributed by atoms with van der Waals surface area (Å²) in [6.45, 7) is 7.62. The van der Waals surface area contributed by atoms with Crippen molar-refractivity contribution in [1.82, 2.24) is 4.90 Å². The van der Waals surface area contributed by atoms with E-state index in [2.05, 4.69) is 6.07 Å². The van der Waals surface area contributed by atoms with Crippen LogP contribution in [0.4, 0.5) is 0 Å². The van der Waals surface area contributed by atoms with Crippen molar-refractivity contribution in [3.8, 4) is 0 Å². The summed E-state index contributed by atoms with van der Waals surface area (Å²) in [5.74, 6) is 0.768. The van der Waals surface area contributed by atoms with E-state index >= 15 is 0 Å². The smallest absolute Gasteiger partial charge is 0.289 e. The van der Waals surface area contributed by atoms with Gasteiger partial charge in [0, 0.05) is 30.6 Å². The minimum Gasteiger partial charge on any atom is -0.450 e. The summed E-state index contributed by atoms with van der Waals surface area (Å²) in [7, 11) is 0. The van der Waals surface area contributed by atoms with Crippen LogP contribution in [0.1, 0.15) is 40.1 Å². The van der Waals surface area contributed by atoms with Crippen LogP contribution in [0.3, 0.4) is 0 Å². The maximum atomic E-state index is 12.8. The van der Waals surface area contributed by atoms with Crippen LogP contribution in [-0.2, 0) is 0 Å². The second-order valence-corrected chi connectivity index (χ2v) is 6.38. The number of aliphatic hydroxyl groups is 1. The Bertz CT molecular complexity index is 709. The first kappa shape index (κ1) is 15.1. The number of hydrogen-bond acceptors (Lipinski definition) is 3. The Hall–Kier alpha value is -1.81. The fraction of sp³-hybridized carbons (Fsp3) is 0.500. The van der Waals surface area contributed by atoms with Gasteiger partial charge in [0.25, 0.3) is 5.91 Å². The summed E-state index contributed by atoms with van der Waals surface area (Å²) < 4.78 is 5.94.